The van der Waals surface area contributed by atoms with Gasteiger partial charge >= 0.3 is 6.18 Å². The number of fused-ring (bicyclic) bond motifs is 1. The van der Waals surface area contributed by atoms with E-state index in [4.69, 9.17) is 0 Å². The molecule has 3 aromatic rings. The summed E-state index contributed by atoms with van der Waals surface area (Å²) in [4.78, 5) is 3.48. The van der Waals surface area contributed by atoms with E-state index >= 15 is 0 Å². The van der Waals surface area contributed by atoms with Crippen molar-refractivity contribution in [2.75, 3.05) is 5.32 Å². The highest BCUT2D eigenvalue weighted by Crippen LogP contribution is 2.35. The fourth-order valence-electron chi connectivity index (χ4n) is 2.66. The average molecular weight is 456 g/mol. The summed E-state index contributed by atoms with van der Waals surface area (Å²) >= 11 is 3.56. The summed E-state index contributed by atoms with van der Waals surface area (Å²) in [5.41, 5.74) is 2.19. The number of nitrogens with zero attached hydrogens (tertiary/aromatic N) is 4. The Hall–Kier alpha value is -2.16. The van der Waals surface area contributed by atoms with E-state index in [-0.39, 0.29) is 11.5 Å². The van der Waals surface area contributed by atoms with E-state index in [0.717, 1.165) is 27.3 Å². The first-order chi connectivity index (χ1) is 13.0. The van der Waals surface area contributed by atoms with Gasteiger partial charge in [0, 0.05) is 12.7 Å². The lowest BCUT2D eigenvalue weighted by molar-refractivity contribution is -0.141. The molecule has 0 aliphatic carbocycles. The third-order valence-corrected chi connectivity index (χ3v) is 5.60. The lowest BCUT2D eigenvalue weighted by atomic mass is 9.88. The van der Waals surface area contributed by atoms with Crippen molar-refractivity contribution in [3.8, 4) is 0 Å². The van der Waals surface area contributed by atoms with Gasteiger partial charge in [-0.15, -0.1) is 5.10 Å². The molecule has 9 heteroatoms. The Labute approximate surface area is 169 Å². The molecule has 0 bridgehead atoms. The largest absolute Gasteiger partial charge is 0.433 e. The predicted molar refractivity (Wildman–Crippen MR) is 106 cm³/mol. The van der Waals surface area contributed by atoms with Gasteiger partial charge in [0.15, 0.2) is 0 Å². The summed E-state index contributed by atoms with van der Waals surface area (Å²) in [6.45, 7) is 8.88. The predicted octanol–water partition coefficient (Wildman–Crippen LogP) is 5.83. The number of rotatable bonds is 4. The van der Waals surface area contributed by atoms with Gasteiger partial charge < -0.3 is 5.32 Å². The topological polar surface area (TPSA) is 55.6 Å². The number of hydrogen-bond acceptors (Lipinski definition) is 4. The van der Waals surface area contributed by atoms with Crippen molar-refractivity contribution in [1.29, 1.82) is 0 Å². The van der Waals surface area contributed by atoms with E-state index in [1.165, 1.54) is 12.3 Å². The molecule has 1 N–H and O–H groups in total. The van der Waals surface area contributed by atoms with Crippen LogP contribution >= 0.6 is 15.9 Å². The Kier molecular flexibility index (Phi) is 5.40. The van der Waals surface area contributed by atoms with Crippen LogP contribution in [0, 0.1) is 5.41 Å². The quantitative estimate of drug-likeness (QED) is 0.537. The molecule has 0 amide bonds. The third-order valence-electron chi connectivity index (χ3n) is 4.80. The van der Waals surface area contributed by atoms with Crippen LogP contribution in [0.2, 0.25) is 0 Å². The van der Waals surface area contributed by atoms with Crippen LogP contribution in [0.3, 0.4) is 0 Å². The molecular formula is C19H21BrF3N5. The molecule has 1 aromatic carbocycles. The number of hydrogen-bond donors (Lipinski definition) is 1. The first-order valence-corrected chi connectivity index (χ1v) is 9.57. The second kappa shape index (κ2) is 7.35. The Morgan fingerprint density at radius 1 is 1.14 bits per heavy atom. The van der Waals surface area contributed by atoms with E-state index < -0.39 is 11.9 Å². The normalized spacial score (nSPS) is 13.7. The van der Waals surface area contributed by atoms with Crippen LogP contribution in [0.1, 0.15) is 45.0 Å². The van der Waals surface area contributed by atoms with Gasteiger partial charge in [-0.25, -0.2) is 4.68 Å². The first kappa shape index (κ1) is 20.6. The molecular weight excluding hydrogens is 435 g/mol. The minimum atomic E-state index is -4.43. The molecule has 0 aliphatic rings. The average Bonchev–Trinajstić information content (AvgIpc) is 3.04. The maximum absolute atomic E-state index is 12.6. The second-order valence-corrected chi connectivity index (χ2v) is 8.57. The number of halogens is 4. The standard InChI is InChI=1S/C19H21BrF3N5/c1-11(18(2,3)4)28-14-7-6-13(16(20)17(14)26-27-28)24-9-12-5-8-15(25-10-12)19(21,22)23/h5-8,10-11,24H,9H2,1-4H3/t11-/m1/s1. The highest BCUT2D eigenvalue weighted by atomic mass is 79.9. The van der Waals surface area contributed by atoms with Crippen LogP contribution < -0.4 is 5.32 Å². The first-order valence-electron chi connectivity index (χ1n) is 8.78. The van der Waals surface area contributed by atoms with Gasteiger partial charge in [-0.1, -0.05) is 32.1 Å². The van der Waals surface area contributed by atoms with Crippen LogP contribution in [0.5, 0.6) is 0 Å². The molecule has 2 heterocycles. The molecule has 0 saturated carbocycles. The van der Waals surface area contributed by atoms with E-state index in [1.54, 1.807) is 0 Å². The van der Waals surface area contributed by atoms with Gasteiger partial charge in [-0.2, -0.15) is 13.2 Å². The Morgan fingerprint density at radius 3 is 2.43 bits per heavy atom. The maximum atomic E-state index is 12.6. The molecule has 0 unspecified atom stereocenters. The van der Waals surface area contributed by atoms with Crippen molar-refractivity contribution in [1.82, 2.24) is 20.0 Å². The van der Waals surface area contributed by atoms with E-state index in [1.807, 2.05) is 16.8 Å². The third kappa shape index (κ3) is 4.14. The van der Waals surface area contributed by atoms with Gasteiger partial charge in [-0.05, 0) is 52.0 Å². The van der Waals surface area contributed by atoms with E-state index in [2.05, 4.69) is 64.2 Å². The van der Waals surface area contributed by atoms with Crippen LogP contribution in [-0.2, 0) is 12.7 Å². The van der Waals surface area contributed by atoms with Gasteiger partial charge in [0.1, 0.15) is 11.2 Å². The Bertz CT molecular complexity index is 974. The Morgan fingerprint density at radius 2 is 1.86 bits per heavy atom. The molecule has 0 aliphatic heterocycles. The zero-order chi connectivity index (χ0) is 20.7. The fourth-order valence-corrected chi connectivity index (χ4v) is 3.21. The molecule has 28 heavy (non-hydrogen) atoms. The van der Waals surface area contributed by atoms with Crippen LogP contribution in [0.4, 0.5) is 18.9 Å². The molecule has 0 spiro atoms. The van der Waals surface area contributed by atoms with Crippen LogP contribution in [-0.4, -0.2) is 20.0 Å². The zero-order valence-corrected chi connectivity index (χ0v) is 17.6. The number of benzene rings is 1. The highest BCUT2D eigenvalue weighted by Gasteiger charge is 2.32. The molecule has 0 fully saturated rings. The number of anilines is 1. The van der Waals surface area contributed by atoms with Gasteiger partial charge in [-0.3, -0.25) is 4.98 Å². The summed E-state index contributed by atoms with van der Waals surface area (Å²) in [5.74, 6) is 0. The molecule has 1 atom stereocenters. The minimum Gasteiger partial charge on any atom is -0.380 e. The molecule has 5 nitrogen and oxygen atoms in total. The van der Waals surface area contributed by atoms with Crippen molar-refractivity contribution in [2.24, 2.45) is 5.41 Å². The van der Waals surface area contributed by atoms with Gasteiger partial charge in [0.25, 0.3) is 0 Å². The maximum Gasteiger partial charge on any atom is 0.433 e. The monoisotopic (exact) mass is 455 g/mol. The lowest BCUT2D eigenvalue weighted by Crippen LogP contribution is -2.22. The van der Waals surface area contributed by atoms with Gasteiger partial charge in [0.05, 0.1) is 21.7 Å². The summed E-state index contributed by atoms with van der Waals surface area (Å²) in [6, 6.07) is 6.39. The van der Waals surface area contributed by atoms with Crippen LogP contribution in [0.15, 0.2) is 34.9 Å². The second-order valence-electron chi connectivity index (χ2n) is 7.77. The molecule has 2 aromatic heterocycles. The fraction of sp³-hybridized carbons (Fsp3) is 0.421. The molecule has 150 valence electrons. The molecule has 0 radical (unpaired) electrons. The SMILES string of the molecule is C[C@@H](n1nnc2c(Br)c(NCc3ccc(C(F)(F)F)nc3)ccc21)C(C)(C)C. The Balaban J connectivity index is 1.80. The number of aromatic nitrogens is 4. The van der Waals surface area contributed by atoms with Crippen molar-refractivity contribution >= 4 is 32.7 Å². The van der Waals surface area contributed by atoms with E-state index in [0.29, 0.717) is 12.1 Å². The minimum absolute atomic E-state index is 0.0274. The summed E-state index contributed by atoms with van der Waals surface area (Å²) in [7, 11) is 0. The van der Waals surface area contributed by atoms with Crippen molar-refractivity contribution in [3.05, 3.63) is 46.2 Å². The van der Waals surface area contributed by atoms with Crippen molar-refractivity contribution in [3.63, 3.8) is 0 Å². The van der Waals surface area contributed by atoms with E-state index in [9.17, 15) is 13.2 Å². The summed E-state index contributed by atoms with van der Waals surface area (Å²) < 4.78 is 40.5. The van der Waals surface area contributed by atoms with Crippen molar-refractivity contribution in [2.45, 2.75) is 46.5 Å². The molecule has 3 rings (SSSR count). The summed E-state index contributed by atoms with van der Waals surface area (Å²) in [5, 5.41) is 11.8. The molecule has 0 saturated heterocycles. The zero-order valence-electron chi connectivity index (χ0n) is 16.0. The van der Waals surface area contributed by atoms with Crippen LogP contribution in [0.25, 0.3) is 11.0 Å². The van der Waals surface area contributed by atoms with Gasteiger partial charge in [0.2, 0.25) is 0 Å². The highest BCUT2D eigenvalue weighted by molar-refractivity contribution is 9.10. The number of alkyl halides is 3. The smallest absolute Gasteiger partial charge is 0.380 e. The number of pyridine rings is 1. The lowest BCUT2D eigenvalue weighted by Gasteiger charge is -2.27. The summed E-state index contributed by atoms with van der Waals surface area (Å²) in [6.07, 6.45) is -3.21. The number of nitrogens with one attached hydrogen (secondary N) is 1. The van der Waals surface area contributed by atoms with Crippen molar-refractivity contribution < 1.29 is 13.2 Å².